The topological polar surface area (TPSA) is 251 Å². The molecule has 3 aliphatic heterocycles. The van der Waals surface area contributed by atoms with Crippen LogP contribution in [0.4, 0.5) is 11.4 Å². The van der Waals surface area contributed by atoms with Gasteiger partial charge in [0.1, 0.15) is 12.3 Å². The lowest BCUT2D eigenvalue weighted by molar-refractivity contribution is -0.438. The minimum absolute atomic E-state index is 0.139. The monoisotopic (exact) mass is 963 g/mol. The lowest BCUT2D eigenvalue weighted by Gasteiger charge is -2.27. The summed E-state index contributed by atoms with van der Waals surface area (Å²) in [6.07, 6.45) is 7.81. The highest BCUT2D eigenvalue weighted by Crippen LogP contribution is 2.49. The van der Waals surface area contributed by atoms with Crippen LogP contribution in [0, 0.1) is 6.92 Å². The van der Waals surface area contributed by atoms with E-state index in [-0.39, 0.29) is 59.8 Å². The number of allylic oxidation sites excluding steroid dienone is 5. The number of unbranched alkanes of at least 4 members (excludes halogenated alkanes) is 2. The van der Waals surface area contributed by atoms with Crippen LogP contribution in [-0.2, 0) is 60.8 Å². The number of benzene rings is 3. The van der Waals surface area contributed by atoms with Gasteiger partial charge in [0.15, 0.2) is 17.2 Å². The van der Waals surface area contributed by atoms with E-state index in [9.17, 15) is 51.9 Å². The third kappa shape index (κ3) is 11.1. The van der Waals surface area contributed by atoms with Gasteiger partial charge in [-0.05, 0) is 106 Å². The van der Waals surface area contributed by atoms with E-state index in [2.05, 4.69) is 0 Å². The van der Waals surface area contributed by atoms with Crippen molar-refractivity contribution in [1.82, 2.24) is 0 Å². The van der Waals surface area contributed by atoms with Crippen molar-refractivity contribution >= 4 is 57.6 Å². The van der Waals surface area contributed by atoms with Crippen molar-refractivity contribution in [2.24, 2.45) is 0 Å². The summed E-state index contributed by atoms with van der Waals surface area (Å²) >= 11 is 0. The van der Waals surface area contributed by atoms with Crippen molar-refractivity contribution in [2.75, 3.05) is 36.3 Å². The van der Waals surface area contributed by atoms with E-state index < -0.39 is 62.8 Å². The second-order valence-corrected chi connectivity index (χ2v) is 22.7. The Morgan fingerprint density at radius 2 is 1.30 bits per heavy atom. The molecule has 0 aromatic heterocycles. The van der Waals surface area contributed by atoms with Gasteiger partial charge in [-0.2, -0.15) is 38.2 Å². The molecule has 0 radical (unpaired) electrons. The minimum Gasteiger partial charge on any atom is -0.453 e. The van der Waals surface area contributed by atoms with Gasteiger partial charge >= 0.3 is 0 Å². The van der Waals surface area contributed by atoms with Gasteiger partial charge in [0.2, 0.25) is 18.2 Å². The summed E-state index contributed by atoms with van der Waals surface area (Å²) < 4.78 is 154. The van der Waals surface area contributed by atoms with Crippen LogP contribution < -0.4 is 9.64 Å². The lowest BCUT2D eigenvalue weighted by atomic mass is 9.81. The second kappa shape index (κ2) is 18.2. The molecule has 0 aliphatic carbocycles. The number of anilines is 1. The quantitative estimate of drug-likeness (QED) is 0.0630. The van der Waals surface area contributed by atoms with E-state index in [1.165, 1.54) is 24.3 Å². The highest BCUT2D eigenvalue weighted by molar-refractivity contribution is 7.86. The Morgan fingerprint density at radius 3 is 1.91 bits per heavy atom. The average Bonchev–Trinajstić information content (AvgIpc) is 3.53. The molecular weight excluding hydrogens is 913 g/mol. The van der Waals surface area contributed by atoms with Gasteiger partial charge < -0.3 is 19.1 Å². The predicted molar refractivity (Wildman–Crippen MR) is 238 cm³/mol. The summed E-state index contributed by atoms with van der Waals surface area (Å²) in [5, 5.41) is 0. The zero-order chi connectivity index (χ0) is 47.0. The van der Waals surface area contributed by atoms with Crippen molar-refractivity contribution in [3.05, 3.63) is 125 Å². The van der Waals surface area contributed by atoms with Crippen LogP contribution in [0.1, 0.15) is 70.1 Å². The largest absolute Gasteiger partial charge is 0.453 e. The maximum Gasteiger partial charge on any atom is 0.294 e. The molecule has 6 rings (SSSR count). The first-order valence-corrected chi connectivity index (χ1v) is 26.2. The summed E-state index contributed by atoms with van der Waals surface area (Å²) in [6, 6.07) is 15.7. The summed E-state index contributed by atoms with van der Waals surface area (Å²) in [6.45, 7) is 9.69. The number of ether oxygens (including phenoxy) is 3. The molecule has 3 aromatic carbocycles. The fourth-order valence-corrected chi connectivity index (χ4v) is 10.2. The van der Waals surface area contributed by atoms with E-state index in [0.29, 0.717) is 52.5 Å². The Morgan fingerprint density at radius 1 is 0.703 bits per heavy atom. The van der Waals surface area contributed by atoms with E-state index in [1.807, 2.05) is 56.2 Å². The maximum absolute atomic E-state index is 12.2. The third-order valence-corrected chi connectivity index (χ3v) is 14.6. The fourth-order valence-electron chi connectivity index (χ4n) is 8.01. The number of rotatable bonds is 17. The second-order valence-electron chi connectivity index (χ2n) is 16.7. The summed E-state index contributed by atoms with van der Waals surface area (Å²) in [4.78, 5) is 1.31. The molecule has 3 aromatic rings. The van der Waals surface area contributed by atoms with Crippen LogP contribution in [-0.4, -0.2) is 93.6 Å². The molecule has 0 saturated heterocycles. The average molecular weight is 964 g/mol. The number of hydrogen-bond donors (Lipinski definition) is 4. The molecule has 0 saturated carbocycles. The molecule has 3 aliphatic rings. The van der Waals surface area contributed by atoms with E-state index in [0.717, 1.165) is 5.56 Å². The Bertz CT molecular complexity index is 2950. The van der Waals surface area contributed by atoms with Crippen molar-refractivity contribution in [3.8, 4) is 5.75 Å². The molecule has 0 atom stereocenters. The molecule has 3 heterocycles. The van der Waals surface area contributed by atoms with Crippen molar-refractivity contribution in [3.63, 3.8) is 0 Å². The summed E-state index contributed by atoms with van der Waals surface area (Å²) in [5.41, 5.74) is 2.96. The Labute approximate surface area is 374 Å². The lowest BCUT2D eigenvalue weighted by Crippen LogP contribution is -2.28. The molecule has 0 unspecified atom stereocenters. The number of fused-ring (bicyclic) bond motifs is 2. The highest BCUT2D eigenvalue weighted by atomic mass is 32.2. The molecule has 346 valence electrons. The first kappa shape index (κ1) is 48.6. The molecular formula is C43H51N2O15S4+. The molecule has 64 heavy (non-hydrogen) atoms. The first-order chi connectivity index (χ1) is 29.7. The number of nitrogens with zero attached hydrogens (tertiary/aromatic N) is 2. The van der Waals surface area contributed by atoms with Gasteiger partial charge in [-0.15, -0.1) is 0 Å². The Balaban J connectivity index is 1.46. The van der Waals surface area contributed by atoms with E-state index >= 15 is 0 Å². The smallest absolute Gasteiger partial charge is 0.294 e. The van der Waals surface area contributed by atoms with Crippen LogP contribution in [0.3, 0.4) is 0 Å². The summed E-state index contributed by atoms with van der Waals surface area (Å²) in [5.74, 6) is 0.161. The van der Waals surface area contributed by atoms with Gasteiger partial charge in [0.05, 0.1) is 26.7 Å². The third-order valence-electron chi connectivity index (χ3n) is 11.3. The molecule has 0 bridgehead atoms. The van der Waals surface area contributed by atoms with Crippen LogP contribution in [0.15, 0.2) is 118 Å². The Hall–Kier alpha value is -4.87. The highest BCUT2D eigenvalue weighted by Gasteiger charge is 2.45. The Kier molecular flexibility index (Phi) is 13.8. The molecule has 0 amide bonds. The van der Waals surface area contributed by atoms with Gasteiger partial charge in [-0.25, -0.2) is 0 Å². The van der Waals surface area contributed by atoms with E-state index in [1.54, 1.807) is 48.6 Å². The van der Waals surface area contributed by atoms with E-state index in [4.69, 9.17) is 14.2 Å². The number of hydrogen-bond acceptors (Lipinski definition) is 12. The van der Waals surface area contributed by atoms with Crippen molar-refractivity contribution in [1.29, 1.82) is 0 Å². The zero-order valence-corrected chi connectivity index (χ0v) is 39.0. The fraction of sp³-hybridized carbons (Fsp3) is 0.372. The molecule has 0 fully saturated rings. The van der Waals surface area contributed by atoms with Crippen LogP contribution in [0.5, 0.6) is 5.75 Å². The van der Waals surface area contributed by atoms with Crippen LogP contribution in [0.25, 0.3) is 0 Å². The normalized spacial score (nSPS) is 18.7. The minimum atomic E-state index is -4.56. The maximum atomic E-state index is 12.2. The number of aryl methyl sites for hydroxylation is 1. The molecule has 4 N–H and O–H groups in total. The van der Waals surface area contributed by atoms with Gasteiger partial charge in [-0.3, -0.25) is 18.2 Å². The van der Waals surface area contributed by atoms with Crippen LogP contribution in [0.2, 0.25) is 0 Å². The molecule has 0 spiro atoms. The van der Waals surface area contributed by atoms with Crippen molar-refractivity contribution in [2.45, 2.75) is 80.9 Å². The molecule has 17 nitrogen and oxygen atoms in total. The van der Waals surface area contributed by atoms with Gasteiger partial charge in [-0.1, -0.05) is 31.5 Å². The van der Waals surface area contributed by atoms with Crippen molar-refractivity contribution < 1.29 is 70.7 Å². The standard InChI is InChI=1S/C43H50N2O15S4/c1-29-10-12-30(13-11-29)60-41-37(18-20-39-42(2,3)33-26-31(63(52,53)54)14-16-35(33)44(39)22-6-8-24-61(46,47)48)58-28-59-38(41)19-21-40-43(4,5)34-27-32(64(55,56)57)15-17-36(34)45(40)23-7-9-25-62(49,50)51/h10-21,26-27H,6-9,22-25,28H2,1-5H3,(H3-,46,47,48,49,50,51,52,53,54,55,56,57)/p+1. The van der Waals surface area contributed by atoms with Gasteiger partial charge in [0, 0.05) is 47.5 Å². The predicted octanol–water partition coefficient (Wildman–Crippen LogP) is 6.62. The summed E-state index contributed by atoms with van der Waals surface area (Å²) in [7, 11) is -17.5. The molecule has 21 heteroatoms. The van der Waals surface area contributed by atoms with Crippen LogP contribution >= 0.6 is 0 Å². The van der Waals surface area contributed by atoms with Gasteiger partial charge in [0.25, 0.3) is 40.5 Å². The zero-order valence-electron chi connectivity index (χ0n) is 35.8. The SMILES string of the molecule is Cc1ccc(OC2=C(/C=C/C3=[N+](CCCCS(=O)(=O)O)c4ccc(S(=O)(=O)O)cc4C3(C)C)OCO/C2=C\C=C2\N(CCCCS(=O)(=O)O)c3ccc(S(=O)(=O)O)cc3C2(C)C)cc1. The first-order valence-electron chi connectivity index (χ1n) is 20.1.